The van der Waals surface area contributed by atoms with E-state index in [1.165, 1.54) is 17.5 Å². The summed E-state index contributed by atoms with van der Waals surface area (Å²) < 4.78 is 0. The Bertz CT molecular complexity index is 332. The van der Waals surface area contributed by atoms with Gasteiger partial charge in [-0.05, 0) is 37.0 Å². The maximum absolute atomic E-state index is 10.1. The molecule has 1 fully saturated rings. The van der Waals surface area contributed by atoms with Crippen LogP contribution >= 0.6 is 0 Å². The van der Waals surface area contributed by atoms with Crippen molar-refractivity contribution in [2.45, 2.75) is 40.3 Å². The number of hydrogen-bond acceptors (Lipinski definition) is 2. The van der Waals surface area contributed by atoms with Crippen molar-refractivity contribution in [1.82, 2.24) is 4.90 Å². The van der Waals surface area contributed by atoms with E-state index in [1.54, 1.807) is 0 Å². The zero-order valence-electron chi connectivity index (χ0n) is 10.8. The number of aliphatic hydroxyl groups excluding tert-OH is 1. The zero-order valence-corrected chi connectivity index (χ0v) is 10.8. The van der Waals surface area contributed by atoms with Crippen LogP contribution in [0.4, 0.5) is 0 Å². The van der Waals surface area contributed by atoms with E-state index in [2.05, 4.69) is 24.8 Å². The van der Waals surface area contributed by atoms with E-state index in [4.69, 9.17) is 0 Å². The van der Waals surface area contributed by atoms with E-state index in [1.807, 2.05) is 26.0 Å². The molecule has 1 aliphatic heterocycles. The molecule has 0 aromatic heterocycles. The van der Waals surface area contributed by atoms with Gasteiger partial charge in [0.2, 0.25) is 0 Å². The molecule has 1 heterocycles. The fraction of sp³-hybridized carbons (Fsp3) is 0.571. The molecule has 0 saturated carbocycles. The van der Waals surface area contributed by atoms with Gasteiger partial charge in [0.05, 0.1) is 0 Å². The second-order valence-corrected chi connectivity index (χ2v) is 4.05. The Morgan fingerprint density at radius 3 is 2.31 bits per heavy atom. The maximum atomic E-state index is 10.1. The molecule has 2 nitrogen and oxygen atoms in total. The number of benzene rings is 1. The largest absolute Gasteiger partial charge is 0.374 e. The van der Waals surface area contributed by atoms with Crippen LogP contribution in [0.5, 0.6) is 0 Å². The van der Waals surface area contributed by atoms with Crippen LogP contribution in [0.25, 0.3) is 0 Å². The fourth-order valence-corrected chi connectivity index (χ4v) is 1.84. The molecule has 90 valence electrons. The normalized spacial score (nSPS) is 17.1. The Hall–Kier alpha value is -0.860. The lowest BCUT2D eigenvalue weighted by molar-refractivity contribution is -0.0369. The molecule has 0 amide bonds. The van der Waals surface area contributed by atoms with Crippen LogP contribution in [0.3, 0.4) is 0 Å². The number of aryl methyl sites for hydroxylation is 1. The molecule has 1 aromatic rings. The van der Waals surface area contributed by atoms with E-state index < -0.39 is 6.23 Å². The average Bonchev–Trinajstić information content (AvgIpc) is 2.22. The monoisotopic (exact) mass is 221 g/mol. The molecule has 0 aliphatic carbocycles. The highest BCUT2D eigenvalue weighted by Gasteiger charge is 2.24. The first kappa shape index (κ1) is 13.2. The lowest BCUT2D eigenvalue weighted by Gasteiger charge is -2.36. The van der Waals surface area contributed by atoms with Gasteiger partial charge in [0.25, 0.3) is 0 Å². The Morgan fingerprint density at radius 1 is 1.19 bits per heavy atom. The maximum Gasteiger partial charge on any atom is 0.133 e. The first-order chi connectivity index (χ1) is 7.70. The van der Waals surface area contributed by atoms with E-state index in [0.29, 0.717) is 0 Å². The van der Waals surface area contributed by atoms with E-state index in [-0.39, 0.29) is 0 Å². The summed E-state index contributed by atoms with van der Waals surface area (Å²) in [5.41, 5.74) is 3.53. The van der Waals surface area contributed by atoms with Crippen molar-refractivity contribution in [3.8, 4) is 0 Å². The molecular formula is C14H23NO. The van der Waals surface area contributed by atoms with Crippen LogP contribution in [0.1, 0.15) is 43.2 Å². The summed E-state index contributed by atoms with van der Waals surface area (Å²) in [5.74, 6) is 0. The number of hydrogen-bond donors (Lipinski definition) is 1. The molecule has 2 heteroatoms. The summed E-state index contributed by atoms with van der Waals surface area (Å²) >= 11 is 0. The van der Waals surface area contributed by atoms with Gasteiger partial charge in [0, 0.05) is 13.1 Å². The molecule has 1 aliphatic rings. The van der Waals surface area contributed by atoms with Crippen molar-refractivity contribution in [2.24, 2.45) is 0 Å². The van der Waals surface area contributed by atoms with Gasteiger partial charge in [-0.2, -0.15) is 0 Å². The second kappa shape index (κ2) is 6.02. The number of rotatable bonds is 2. The summed E-state index contributed by atoms with van der Waals surface area (Å²) in [6, 6.07) is 6.12. The van der Waals surface area contributed by atoms with Crippen molar-refractivity contribution in [3.05, 3.63) is 34.9 Å². The number of aliphatic hydroxyl groups is 1. The first-order valence-corrected chi connectivity index (χ1v) is 6.18. The highest BCUT2D eigenvalue weighted by atomic mass is 16.3. The van der Waals surface area contributed by atoms with Gasteiger partial charge in [-0.1, -0.05) is 32.0 Å². The third-order valence-electron chi connectivity index (χ3n) is 3.16. The predicted molar refractivity (Wildman–Crippen MR) is 68.4 cm³/mol. The summed E-state index contributed by atoms with van der Waals surface area (Å²) in [6.07, 6.45) is 0.811. The molecule has 1 aromatic carbocycles. The minimum absolute atomic E-state index is 0.399. The van der Waals surface area contributed by atoms with Crippen molar-refractivity contribution in [3.63, 3.8) is 0 Å². The first-order valence-electron chi connectivity index (χ1n) is 6.18. The quantitative estimate of drug-likeness (QED) is 0.829. The van der Waals surface area contributed by atoms with Gasteiger partial charge in [0.1, 0.15) is 6.23 Å². The molecule has 0 bridgehead atoms. The minimum Gasteiger partial charge on any atom is -0.374 e. The van der Waals surface area contributed by atoms with Crippen LogP contribution in [0, 0.1) is 13.8 Å². The summed E-state index contributed by atoms with van der Waals surface area (Å²) in [7, 11) is 0. The third-order valence-corrected chi connectivity index (χ3v) is 3.16. The third kappa shape index (κ3) is 2.63. The predicted octanol–water partition coefficient (Wildman–Crippen LogP) is 3.03. The van der Waals surface area contributed by atoms with Crippen molar-refractivity contribution in [1.29, 1.82) is 0 Å². The summed E-state index contributed by atoms with van der Waals surface area (Å²) in [6.45, 7) is 10.2. The molecule has 1 N–H and O–H groups in total. The molecule has 16 heavy (non-hydrogen) atoms. The van der Waals surface area contributed by atoms with Crippen LogP contribution in [-0.2, 0) is 0 Å². The molecule has 0 spiro atoms. The van der Waals surface area contributed by atoms with Crippen molar-refractivity contribution in [2.75, 3.05) is 13.1 Å². The molecule has 2 rings (SSSR count). The lowest BCUT2D eigenvalue weighted by atomic mass is 10.0. The molecule has 0 radical (unpaired) electrons. The highest BCUT2D eigenvalue weighted by molar-refractivity contribution is 5.34. The standard InChI is InChI=1S/C12H17NO.C2H6/c1-9-5-3-6-11(10(9)2)12(14)13-7-4-8-13;1-2/h3,5-6,12,14H,4,7-8H2,1-2H3;1-2H3. The van der Waals surface area contributed by atoms with E-state index >= 15 is 0 Å². The van der Waals surface area contributed by atoms with Gasteiger partial charge in [-0.3, -0.25) is 4.90 Å². The number of likely N-dealkylation sites (tertiary alicyclic amines) is 1. The van der Waals surface area contributed by atoms with Crippen LogP contribution in [0.15, 0.2) is 18.2 Å². The lowest BCUT2D eigenvalue weighted by Crippen LogP contribution is -2.40. The molecular weight excluding hydrogens is 198 g/mol. The summed E-state index contributed by atoms with van der Waals surface area (Å²) in [4.78, 5) is 2.10. The molecule has 1 atom stereocenters. The Morgan fingerprint density at radius 2 is 1.81 bits per heavy atom. The number of nitrogens with zero attached hydrogens (tertiary/aromatic N) is 1. The van der Waals surface area contributed by atoms with E-state index in [0.717, 1.165) is 18.7 Å². The van der Waals surface area contributed by atoms with Crippen LogP contribution in [-0.4, -0.2) is 23.1 Å². The SMILES string of the molecule is CC.Cc1cccc(C(O)N2CCC2)c1C. The Balaban J connectivity index is 0.000000606. The van der Waals surface area contributed by atoms with Gasteiger partial charge >= 0.3 is 0 Å². The van der Waals surface area contributed by atoms with Crippen LogP contribution < -0.4 is 0 Å². The Labute approximate surface area is 98.9 Å². The van der Waals surface area contributed by atoms with Gasteiger partial charge in [-0.15, -0.1) is 0 Å². The van der Waals surface area contributed by atoms with Gasteiger partial charge in [0.15, 0.2) is 0 Å². The second-order valence-electron chi connectivity index (χ2n) is 4.05. The van der Waals surface area contributed by atoms with Crippen LogP contribution in [0.2, 0.25) is 0 Å². The summed E-state index contributed by atoms with van der Waals surface area (Å²) in [5, 5.41) is 10.1. The fourth-order valence-electron chi connectivity index (χ4n) is 1.84. The minimum atomic E-state index is -0.399. The molecule has 1 unspecified atom stereocenters. The zero-order chi connectivity index (χ0) is 12.1. The van der Waals surface area contributed by atoms with Gasteiger partial charge < -0.3 is 5.11 Å². The van der Waals surface area contributed by atoms with Gasteiger partial charge in [-0.25, -0.2) is 0 Å². The van der Waals surface area contributed by atoms with Crippen molar-refractivity contribution >= 4 is 0 Å². The van der Waals surface area contributed by atoms with Crippen molar-refractivity contribution < 1.29 is 5.11 Å². The highest BCUT2D eigenvalue weighted by Crippen LogP contribution is 2.26. The Kier molecular flexibility index (Phi) is 4.97. The topological polar surface area (TPSA) is 23.5 Å². The average molecular weight is 221 g/mol. The van der Waals surface area contributed by atoms with E-state index in [9.17, 15) is 5.11 Å². The molecule has 1 saturated heterocycles. The smallest absolute Gasteiger partial charge is 0.133 e.